The molecule has 1 unspecified atom stereocenters. The number of benzene rings is 1. The van der Waals surface area contributed by atoms with Gasteiger partial charge in [0.15, 0.2) is 0 Å². The minimum Gasteiger partial charge on any atom is -0.314 e. The number of likely N-dealkylation sites (N-methyl/N-ethyl adjacent to an activating group) is 1. The zero-order valence-electron chi connectivity index (χ0n) is 11.2. The molecule has 1 aliphatic rings. The van der Waals surface area contributed by atoms with E-state index in [0.29, 0.717) is 6.04 Å². The van der Waals surface area contributed by atoms with Gasteiger partial charge in [-0.2, -0.15) is 13.2 Å². The number of hydrogen-bond acceptors (Lipinski definition) is 2. The van der Waals surface area contributed by atoms with Gasteiger partial charge in [-0.05, 0) is 31.2 Å². The minimum absolute atomic E-state index is 0.138. The Morgan fingerprint density at radius 3 is 2.21 bits per heavy atom. The van der Waals surface area contributed by atoms with Crippen LogP contribution in [0.2, 0.25) is 0 Å². The summed E-state index contributed by atoms with van der Waals surface area (Å²) in [6.45, 7) is 6.94. The molecule has 1 aromatic rings. The maximum absolute atomic E-state index is 12.5. The molecule has 0 bridgehead atoms. The van der Waals surface area contributed by atoms with Gasteiger partial charge < -0.3 is 5.32 Å². The zero-order valence-corrected chi connectivity index (χ0v) is 11.2. The Balaban J connectivity index is 2.12. The minimum atomic E-state index is -4.26. The van der Waals surface area contributed by atoms with Crippen LogP contribution < -0.4 is 5.32 Å². The lowest BCUT2D eigenvalue weighted by atomic mass is 10.0. The monoisotopic (exact) mass is 272 g/mol. The third-order valence-corrected chi connectivity index (χ3v) is 3.81. The second-order valence-corrected chi connectivity index (χ2v) is 4.94. The van der Waals surface area contributed by atoms with Crippen molar-refractivity contribution in [3.8, 4) is 0 Å². The van der Waals surface area contributed by atoms with E-state index in [-0.39, 0.29) is 6.04 Å². The standard InChI is InChI=1S/C14H19F3N2/c1-3-19(13-8-18-9-13)10(2)11-4-6-12(7-5-11)14(15,16)17/h4-7,10,13,18H,3,8-9H2,1-2H3. The zero-order chi connectivity index (χ0) is 14.0. The molecule has 0 amide bonds. The van der Waals surface area contributed by atoms with Gasteiger partial charge in [0.1, 0.15) is 0 Å². The number of nitrogens with one attached hydrogen (secondary N) is 1. The molecule has 0 saturated carbocycles. The van der Waals surface area contributed by atoms with Crippen LogP contribution in [0.15, 0.2) is 24.3 Å². The molecule has 1 N–H and O–H groups in total. The van der Waals surface area contributed by atoms with Crippen LogP contribution in [0.4, 0.5) is 13.2 Å². The molecule has 1 atom stereocenters. The average molecular weight is 272 g/mol. The molecule has 2 rings (SSSR count). The Bertz CT molecular complexity index is 410. The Morgan fingerprint density at radius 1 is 1.26 bits per heavy atom. The van der Waals surface area contributed by atoms with Crippen LogP contribution >= 0.6 is 0 Å². The molecule has 0 aromatic heterocycles. The van der Waals surface area contributed by atoms with E-state index in [9.17, 15) is 13.2 Å². The fourth-order valence-corrected chi connectivity index (χ4v) is 2.50. The van der Waals surface area contributed by atoms with Crippen LogP contribution in [0.3, 0.4) is 0 Å². The molecule has 1 aromatic carbocycles. The molecule has 1 aliphatic heterocycles. The Hall–Kier alpha value is -1.07. The van der Waals surface area contributed by atoms with Gasteiger partial charge in [-0.15, -0.1) is 0 Å². The summed E-state index contributed by atoms with van der Waals surface area (Å²) >= 11 is 0. The molecule has 19 heavy (non-hydrogen) atoms. The SMILES string of the molecule is CCN(C1CNC1)C(C)c1ccc(C(F)(F)F)cc1. The van der Waals surface area contributed by atoms with Crippen molar-refractivity contribution in [3.63, 3.8) is 0 Å². The highest BCUT2D eigenvalue weighted by Crippen LogP contribution is 2.31. The predicted molar refractivity (Wildman–Crippen MR) is 68.9 cm³/mol. The molecule has 5 heteroatoms. The number of nitrogens with zero attached hydrogens (tertiary/aromatic N) is 1. The maximum atomic E-state index is 12.5. The Morgan fingerprint density at radius 2 is 1.84 bits per heavy atom. The normalized spacial score (nSPS) is 18.4. The van der Waals surface area contributed by atoms with Gasteiger partial charge in [0, 0.05) is 25.2 Å². The van der Waals surface area contributed by atoms with Crippen molar-refractivity contribution in [2.75, 3.05) is 19.6 Å². The van der Waals surface area contributed by atoms with Gasteiger partial charge in [0.05, 0.1) is 5.56 Å². The van der Waals surface area contributed by atoms with Crippen LogP contribution in [0.25, 0.3) is 0 Å². The summed E-state index contributed by atoms with van der Waals surface area (Å²) in [5.74, 6) is 0. The van der Waals surface area contributed by atoms with E-state index in [1.54, 1.807) is 12.1 Å². The van der Waals surface area contributed by atoms with Gasteiger partial charge in [0.2, 0.25) is 0 Å². The molecule has 0 aliphatic carbocycles. The number of hydrogen-bond donors (Lipinski definition) is 1. The van der Waals surface area contributed by atoms with Crippen LogP contribution in [0.5, 0.6) is 0 Å². The molecule has 0 spiro atoms. The summed E-state index contributed by atoms with van der Waals surface area (Å²) < 4.78 is 37.6. The Kier molecular flexibility index (Phi) is 4.16. The van der Waals surface area contributed by atoms with Gasteiger partial charge >= 0.3 is 6.18 Å². The highest BCUT2D eigenvalue weighted by molar-refractivity contribution is 5.26. The van der Waals surface area contributed by atoms with Gasteiger partial charge in [0.25, 0.3) is 0 Å². The number of rotatable bonds is 4. The Labute approximate surface area is 111 Å². The molecule has 1 saturated heterocycles. The van der Waals surface area contributed by atoms with E-state index in [1.165, 1.54) is 12.1 Å². The first-order valence-electron chi connectivity index (χ1n) is 6.57. The third kappa shape index (κ3) is 3.09. The van der Waals surface area contributed by atoms with E-state index in [4.69, 9.17) is 0 Å². The molecular formula is C14H19F3N2. The maximum Gasteiger partial charge on any atom is 0.416 e. The van der Waals surface area contributed by atoms with Crippen LogP contribution in [0, 0.1) is 0 Å². The summed E-state index contributed by atoms with van der Waals surface area (Å²) in [6, 6.07) is 6.13. The second kappa shape index (κ2) is 5.51. The summed E-state index contributed by atoms with van der Waals surface area (Å²) in [7, 11) is 0. The van der Waals surface area contributed by atoms with Crippen LogP contribution in [0.1, 0.15) is 31.0 Å². The topological polar surface area (TPSA) is 15.3 Å². The van der Waals surface area contributed by atoms with Crippen molar-refractivity contribution in [1.29, 1.82) is 0 Å². The van der Waals surface area contributed by atoms with Crippen molar-refractivity contribution in [2.24, 2.45) is 0 Å². The highest BCUT2D eigenvalue weighted by atomic mass is 19.4. The summed E-state index contributed by atoms with van der Waals surface area (Å²) in [6.07, 6.45) is -4.26. The van der Waals surface area contributed by atoms with Crippen molar-refractivity contribution >= 4 is 0 Å². The van der Waals surface area contributed by atoms with E-state index in [2.05, 4.69) is 17.1 Å². The summed E-state index contributed by atoms with van der Waals surface area (Å²) in [4.78, 5) is 2.32. The lowest BCUT2D eigenvalue weighted by Crippen LogP contribution is -2.57. The first kappa shape index (κ1) is 14.3. The van der Waals surface area contributed by atoms with Crippen LogP contribution in [-0.2, 0) is 6.18 Å². The first-order valence-corrected chi connectivity index (χ1v) is 6.57. The van der Waals surface area contributed by atoms with Crippen molar-refractivity contribution in [3.05, 3.63) is 35.4 Å². The quantitative estimate of drug-likeness (QED) is 0.906. The van der Waals surface area contributed by atoms with Crippen molar-refractivity contribution < 1.29 is 13.2 Å². The third-order valence-electron chi connectivity index (χ3n) is 3.81. The number of halogens is 3. The highest BCUT2D eigenvalue weighted by Gasteiger charge is 2.31. The van der Waals surface area contributed by atoms with Crippen molar-refractivity contribution in [1.82, 2.24) is 10.2 Å². The lowest BCUT2D eigenvalue weighted by Gasteiger charge is -2.41. The summed E-state index contributed by atoms with van der Waals surface area (Å²) in [5, 5.41) is 3.22. The van der Waals surface area contributed by atoms with Gasteiger partial charge in [-0.3, -0.25) is 4.90 Å². The largest absolute Gasteiger partial charge is 0.416 e. The lowest BCUT2D eigenvalue weighted by molar-refractivity contribution is -0.137. The second-order valence-electron chi connectivity index (χ2n) is 4.94. The molecule has 1 heterocycles. The van der Waals surface area contributed by atoms with Crippen LogP contribution in [-0.4, -0.2) is 30.6 Å². The van der Waals surface area contributed by atoms with E-state index in [0.717, 1.165) is 25.2 Å². The fraction of sp³-hybridized carbons (Fsp3) is 0.571. The molecule has 106 valence electrons. The molecular weight excluding hydrogens is 253 g/mol. The van der Waals surface area contributed by atoms with Gasteiger partial charge in [-0.1, -0.05) is 19.1 Å². The fourth-order valence-electron chi connectivity index (χ4n) is 2.50. The molecule has 0 radical (unpaired) electrons. The van der Waals surface area contributed by atoms with E-state index in [1.807, 2.05) is 6.92 Å². The smallest absolute Gasteiger partial charge is 0.314 e. The predicted octanol–water partition coefficient (Wildman–Crippen LogP) is 3.06. The van der Waals surface area contributed by atoms with E-state index >= 15 is 0 Å². The first-order chi connectivity index (χ1) is 8.93. The molecule has 1 fully saturated rings. The number of alkyl halides is 3. The summed E-state index contributed by atoms with van der Waals surface area (Å²) in [5.41, 5.74) is 0.346. The van der Waals surface area contributed by atoms with Gasteiger partial charge in [-0.25, -0.2) is 0 Å². The molecule has 2 nitrogen and oxygen atoms in total. The van der Waals surface area contributed by atoms with E-state index < -0.39 is 11.7 Å². The van der Waals surface area contributed by atoms with Crippen molar-refractivity contribution in [2.45, 2.75) is 32.1 Å². The average Bonchev–Trinajstić information content (AvgIpc) is 2.31.